The minimum Gasteiger partial charge on any atom is -0.271 e. The fourth-order valence-electron chi connectivity index (χ4n) is 3.36. The number of fused-ring (bicyclic) bond motifs is 1. The van der Waals surface area contributed by atoms with E-state index >= 15 is 0 Å². The van der Waals surface area contributed by atoms with Gasteiger partial charge in [-0.25, -0.2) is 0 Å². The maximum absolute atomic E-state index is 13.1. The molecule has 0 spiro atoms. The molecule has 4 nitrogen and oxygen atoms in total. The van der Waals surface area contributed by atoms with Crippen molar-refractivity contribution in [3.63, 3.8) is 0 Å². The summed E-state index contributed by atoms with van der Waals surface area (Å²) in [6.07, 6.45) is 0.523. The Balaban J connectivity index is 1.63. The van der Waals surface area contributed by atoms with Crippen LogP contribution in [0.15, 0.2) is 84.9 Å². The molecular weight excluding hydrogens is 338 g/mol. The molecule has 1 aliphatic rings. The number of hydrogen-bond acceptors (Lipinski definition) is 3. The Labute approximate surface area is 158 Å². The van der Waals surface area contributed by atoms with Crippen LogP contribution in [0.5, 0.6) is 0 Å². The van der Waals surface area contributed by atoms with Gasteiger partial charge in [0, 0.05) is 5.56 Å². The Bertz CT molecular complexity index is 954. The molecule has 3 aromatic carbocycles. The minimum absolute atomic E-state index is 0.165. The third kappa shape index (κ3) is 3.52. The van der Waals surface area contributed by atoms with Crippen LogP contribution in [0.1, 0.15) is 33.0 Å². The van der Waals surface area contributed by atoms with Crippen molar-refractivity contribution >= 4 is 11.8 Å². The van der Waals surface area contributed by atoms with Crippen molar-refractivity contribution in [2.24, 2.45) is 0 Å². The second kappa shape index (κ2) is 7.56. The molecule has 0 radical (unpaired) electrons. The van der Waals surface area contributed by atoms with E-state index in [2.05, 4.69) is 0 Å². The zero-order valence-electron chi connectivity index (χ0n) is 14.7. The van der Waals surface area contributed by atoms with Gasteiger partial charge in [0.15, 0.2) is 0 Å². The van der Waals surface area contributed by atoms with E-state index in [0.717, 1.165) is 21.8 Å². The van der Waals surface area contributed by atoms with E-state index < -0.39 is 11.8 Å². The summed E-state index contributed by atoms with van der Waals surface area (Å²) in [5, 5.41) is 0.933. The average molecular weight is 357 g/mol. The molecule has 1 atom stereocenters. The van der Waals surface area contributed by atoms with E-state index in [-0.39, 0.29) is 12.5 Å². The van der Waals surface area contributed by atoms with Crippen LogP contribution in [0.2, 0.25) is 0 Å². The van der Waals surface area contributed by atoms with Gasteiger partial charge in [-0.1, -0.05) is 78.9 Å². The van der Waals surface area contributed by atoms with Gasteiger partial charge >= 0.3 is 0 Å². The monoisotopic (exact) mass is 357 g/mol. The van der Waals surface area contributed by atoms with Gasteiger partial charge in [-0.15, -0.1) is 5.06 Å². The molecule has 1 aliphatic heterocycles. The van der Waals surface area contributed by atoms with Crippen LogP contribution in [-0.2, 0) is 22.7 Å². The molecule has 0 saturated heterocycles. The average Bonchev–Trinajstić information content (AvgIpc) is 2.72. The van der Waals surface area contributed by atoms with Crippen LogP contribution >= 0.6 is 0 Å². The zero-order chi connectivity index (χ0) is 18.6. The fourth-order valence-corrected chi connectivity index (χ4v) is 3.36. The van der Waals surface area contributed by atoms with Crippen molar-refractivity contribution in [2.45, 2.75) is 18.9 Å². The number of rotatable bonds is 5. The normalized spacial score (nSPS) is 16.3. The summed E-state index contributed by atoms with van der Waals surface area (Å²) in [6, 6.07) is 26.6. The molecule has 0 bridgehead atoms. The molecular formula is C23H19NO3. The van der Waals surface area contributed by atoms with Crippen molar-refractivity contribution in [2.75, 3.05) is 0 Å². The molecule has 0 unspecified atom stereocenters. The van der Waals surface area contributed by atoms with E-state index in [1.165, 1.54) is 0 Å². The number of hydrogen-bond donors (Lipinski definition) is 0. The number of carbonyl (C=O) groups excluding carboxylic acids is 2. The molecule has 4 rings (SSSR count). The first kappa shape index (κ1) is 17.2. The van der Waals surface area contributed by atoms with Gasteiger partial charge in [-0.2, -0.15) is 0 Å². The molecule has 27 heavy (non-hydrogen) atoms. The Kier molecular flexibility index (Phi) is 4.81. The van der Waals surface area contributed by atoms with Gasteiger partial charge in [0.2, 0.25) is 0 Å². The van der Waals surface area contributed by atoms with Crippen LogP contribution in [0.4, 0.5) is 0 Å². The van der Waals surface area contributed by atoms with E-state index in [1.807, 2.05) is 78.9 Å². The van der Waals surface area contributed by atoms with Crippen LogP contribution in [0, 0.1) is 0 Å². The maximum Gasteiger partial charge on any atom is 0.285 e. The van der Waals surface area contributed by atoms with E-state index in [0.29, 0.717) is 12.0 Å². The minimum atomic E-state index is -0.447. The van der Waals surface area contributed by atoms with Gasteiger partial charge < -0.3 is 0 Å². The summed E-state index contributed by atoms with van der Waals surface area (Å²) in [5.41, 5.74) is 3.22. The smallest absolute Gasteiger partial charge is 0.271 e. The molecule has 0 N–H and O–H groups in total. The van der Waals surface area contributed by atoms with Gasteiger partial charge in [0.25, 0.3) is 11.8 Å². The largest absolute Gasteiger partial charge is 0.285 e. The van der Waals surface area contributed by atoms with E-state index in [9.17, 15) is 9.59 Å². The van der Waals surface area contributed by atoms with E-state index in [1.54, 1.807) is 6.07 Å². The quantitative estimate of drug-likeness (QED) is 0.645. The number of benzene rings is 3. The molecule has 0 aromatic heterocycles. The summed E-state index contributed by atoms with van der Waals surface area (Å²) in [4.78, 5) is 31.6. The highest BCUT2D eigenvalue weighted by Gasteiger charge is 2.39. The van der Waals surface area contributed by atoms with Crippen LogP contribution in [0.3, 0.4) is 0 Å². The van der Waals surface area contributed by atoms with Crippen LogP contribution in [-0.4, -0.2) is 16.9 Å². The second-order valence-electron chi connectivity index (χ2n) is 6.53. The molecule has 0 fully saturated rings. The van der Waals surface area contributed by atoms with Gasteiger partial charge in [0.05, 0.1) is 5.92 Å². The number of amides is 2. The van der Waals surface area contributed by atoms with Gasteiger partial charge in [0.1, 0.15) is 6.61 Å². The zero-order valence-corrected chi connectivity index (χ0v) is 14.7. The Morgan fingerprint density at radius 1 is 0.741 bits per heavy atom. The summed E-state index contributed by atoms with van der Waals surface area (Å²) < 4.78 is 0. The maximum atomic E-state index is 13.1. The van der Waals surface area contributed by atoms with Gasteiger partial charge in [-0.05, 0) is 29.2 Å². The van der Waals surface area contributed by atoms with Crippen molar-refractivity contribution in [3.8, 4) is 0 Å². The highest BCUT2D eigenvalue weighted by Crippen LogP contribution is 2.32. The summed E-state index contributed by atoms with van der Waals surface area (Å²) >= 11 is 0. The first-order valence-electron chi connectivity index (χ1n) is 8.92. The third-order valence-corrected chi connectivity index (χ3v) is 4.74. The molecule has 0 aliphatic carbocycles. The lowest BCUT2D eigenvalue weighted by molar-refractivity contribution is -0.176. The van der Waals surface area contributed by atoms with E-state index in [4.69, 9.17) is 4.84 Å². The predicted molar refractivity (Wildman–Crippen MR) is 102 cm³/mol. The highest BCUT2D eigenvalue weighted by atomic mass is 16.7. The lowest BCUT2D eigenvalue weighted by Crippen LogP contribution is -2.45. The van der Waals surface area contributed by atoms with Gasteiger partial charge in [-0.3, -0.25) is 14.4 Å². The van der Waals surface area contributed by atoms with Crippen LogP contribution < -0.4 is 0 Å². The van der Waals surface area contributed by atoms with Crippen molar-refractivity contribution < 1.29 is 14.4 Å². The predicted octanol–water partition coefficient (Wildman–Crippen LogP) is 4.13. The first-order chi connectivity index (χ1) is 13.2. The summed E-state index contributed by atoms with van der Waals surface area (Å²) in [6.45, 7) is 0.165. The van der Waals surface area contributed by atoms with Crippen molar-refractivity contribution in [1.82, 2.24) is 5.06 Å². The standard InChI is InChI=1S/C23H19NO3/c25-22-20-14-8-7-13-19(20)21(15-17-9-3-1-4-10-17)23(26)24(22)27-16-18-11-5-2-6-12-18/h1-14,21H,15-16H2/t21-/m1/s1. The molecule has 134 valence electrons. The molecule has 0 saturated carbocycles. The molecule has 2 amide bonds. The number of hydroxylamine groups is 2. The second-order valence-corrected chi connectivity index (χ2v) is 6.53. The fraction of sp³-hybridized carbons (Fsp3) is 0.130. The van der Waals surface area contributed by atoms with Crippen LogP contribution in [0.25, 0.3) is 0 Å². The SMILES string of the molecule is O=C1c2ccccc2[C@@H](Cc2ccccc2)C(=O)N1OCc1ccccc1. The summed E-state index contributed by atoms with van der Waals surface area (Å²) in [7, 11) is 0. The Morgan fingerprint density at radius 2 is 1.33 bits per heavy atom. The Morgan fingerprint density at radius 3 is 2.04 bits per heavy atom. The summed E-state index contributed by atoms with van der Waals surface area (Å²) in [5.74, 6) is -1.17. The number of carbonyl (C=O) groups is 2. The number of nitrogens with zero attached hydrogens (tertiary/aromatic N) is 1. The molecule has 4 heteroatoms. The first-order valence-corrected chi connectivity index (χ1v) is 8.92. The molecule has 1 heterocycles. The topological polar surface area (TPSA) is 46.6 Å². The highest BCUT2D eigenvalue weighted by molar-refractivity contribution is 6.10. The Hall–Kier alpha value is -3.24. The lowest BCUT2D eigenvalue weighted by atomic mass is 9.85. The van der Waals surface area contributed by atoms with Crippen molar-refractivity contribution in [3.05, 3.63) is 107 Å². The number of imide groups is 1. The third-order valence-electron chi connectivity index (χ3n) is 4.74. The lowest BCUT2D eigenvalue weighted by Gasteiger charge is -2.31. The van der Waals surface area contributed by atoms with Crippen molar-refractivity contribution in [1.29, 1.82) is 0 Å². The molecule has 3 aromatic rings.